The molecule has 2 heterocycles. The van der Waals surface area contributed by atoms with E-state index in [0.29, 0.717) is 5.95 Å². The molecular formula is C10H17N5O. The molecule has 1 fully saturated rings. The number of imidazole rings is 1. The summed E-state index contributed by atoms with van der Waals surface area (Å²) in [6.45, 7) is 5.62. The van der Waals surface area contributed by atoms with Gasteiger partial charge in [0.25, 0.3) is 0 Å². The van der Waals surface area contributed by atoms with E-state index in [9.17, 15) is 4.79 Å². The third-order valence-electron chi connectivity index (χ3n) is 2.82. The smallest absolute Gasteiger partial charge is 0.243 e. The van der Waals surface area contributed by atoms with Crippen molar-refractivity contribution in [1.82, 2.24) is 20.2 Å². The first-order valence-corrected chi connectivity index (χ1v) is 5.52. The topological polar surface area (TPSA) is 73.0 Å². The third kappa shape index (κ3) is 2.59. The second-order valence-electron chi connectivity index (χ2n) is 3.89. The number of nitrogens with zero attached hydrogens (tertiary/aromatic N) is 2. The van der Waals surface area contributed by atoms with Crippen LogP contribution < -0.4 is 10.6 Å². The van der Waals surface area contributed by atoms with Gasteiger partial charge in [0.1, 0.15) is 0 Å². The largest absolute Gasteiger partial charge is 0.331 e. The highest BCUT2D eigenvalue weighted by Crippen LogP contribution is 2.04. The van der Waals surface area contributed by atoms with Gasteiger partial charge in [0.2, 0.25) is 11.9 Å². The van der Waals surface area contributed by atoms with Crippen molar-refractivity contribution in [2.75, 3.05) is 31.5 Å². The Labute approximate surface area is 94.4 Å². The highest BCUT2D eigenvalue weighted by Gasteiger charge is 2.22. The van der Waals surface area contributed by atoms with Gasteiger partial charge in [0.05, 0.1) is 6.04 Å². The van der Waals surface area contributed by atoms with Crippen LogP contribution in [0.5, 0.6) is 0 Å². The van der Waals surface area contributed by atoms with Gasteiger partial charge in [-0.05, 0) is 6.92 Å². The minimum Gasteiger partial charge on any atom is -0.331 e. The van der Waals surface area contributed by atoms with Gasteiger partial charge in [-0.1, -0.05) is 0 Å². The highest BCUT2D eigenvalue weighted by molar-refractivity contribution is 5.93. The van der Waals surface area contributed by atoms with E-state index in [0.717, 1.165) is 26.2 Å². The molecule has 88 valence electrons. The highest BCUT2D eigenvalue weighted by atomic mass is 16.2. The fraction of sp³-hybridized carbons (Fsp3) is 0.600. The van der Waals surface area contributed by atoms with Crippen molar-refractivity contribution in [3.05, 3.63) is 12.4 Å². The maximum absolute atomic E-state index is 11.9. The molecule has 1 saturated heterocycles. The molecule has 6 heteroatoms. The summed E-state index contributed by atoms with van der Waals surface area (Å²) in [5.74, 6) is 0.490. The van der Waals surface area contributed by atoms with E-state index in [1.165, 1.54) is 0 Å². The van der Waals surface area contributed by atoms with Crippen LogP contribution in [0.4, 0.5) is 5.95 Å². The molecule has 1 aliphatic rings. The zero-order chi connectivity index (χ0) is 11.4. The first-order chi connectivity index (χ1) is 7.77. The zero-order valence-electron chi connectivity index (χ0n) is 9.36. The standard InChI is InChI=1S/C10H17N5O/c1-8(15-6-4-11-5-7-15)9(16)14-10-12-2-3-13-10/h2-3,8,11H,4-7H2,1H3,(H2,12,13,14,16). The first-order valence-electron chi connectivity index (χ1n) is 5.52. The molecule has 1 aliphatic heterocycles. The van der Waals surface area contributed by atoms with Crippen molar-refractivity contribution in [1.29, 1.82) is 0 Å². The molecule has 1 unspecified atom stereocenters. The summed E-state index contributed by atoms with van der Waals surface area (Å²) >= 11 is 0. The lowest BCUT2D eigenvalue weighted by molar-refractivity contribution is -0.121. The van der Waals surface area contributed by atoms with Gasteiger partial charge in [0, 0.05) is 38.6 Å². The Balaban J connectivity index is 1.88. The molecule has 1 aromatic rings. The van der Waals surface area contributed by atoms with E-state index in [4.69, 9.17) is 0 Å². The first kappa shape index (κ1) is 11.1. The van der Waals surface area contributed by atoms with E-state index in [-0.39, 0.29) is 11.9 Å². The molecule has 0 saturated carbocycles. The number of piperazine rings is 1. The molecule has 0 radical (unpaired) electrons. The summed E-state index contributed by atoms with van der Waals surface area (Å²) in [7, 11) is 0. The van der Waals surface area contributed by atoms with Crippen molar-refractivity contribution in [3.63, 3.8) is 0 Å². The van der Waals surface area contributed by atoms with Crippen LogP contribution in [0.1, 0.15) is 6.92 Å². The number of amides is 1. The number of rotatable bonds is 3. The number of anilines is 1. The number of carbonyl (C=O) groups excluding carboxylic acids is 1. The van der Waals surface area contributed by atoms with Crippen molar-refractivity contribution in [3.8, 4) is 0 Å². The van der Waals surface area contributed by atoms with Crippen molar-refractivity contribution in [2.45, 2.75) is 13.0 Å². The van der Waals surface area contributed by atoms with Crippen molar-refractivity contribution < 1.29 is 4.79 Å². The van der Waals surface area contributed by atoms with Crippen LogP contribution >= 0.6 is 0 Å². The van der Waals surface area contributed by atoms with Crippen LogP contribution in [0, 0.1) is 0 Å². The quantitative estimate of drug-likeness (QED) is 0.654. The van der Waals surface area contributed by atoms with Crippen LogP contribution in [-0.4, -0.2) is 53.0 Å². The summed E-state index contributed by atoms with van der Waals surface area (Å²) in [4.78, 5) is 20.9. The summed E-state index contributed by atoms with van der Waals surface area (Å²) in [6.07, 6.45) is 3.30. The second kappa shape index (κ2) is 5.09. The van der Waals surface area contributed by atoms with Crippen LogP contribution in [-0.2, 0) is 4.79 Å². The number of aromatic nitrogens is 2. The molecule has 1 amide bonds. The average Bonchev–Trinajstić information content (AvgIpc) is 2.82. The van der Waals surface area contributed by atoms with Crippen LogP contribution in [0.3, 0.4) is 0 Å². The fourth-order valence-electron chi connectivity index (χ4n) is 1.79. The molecule has 0 aromatic carbocycles. The van der Waals surface area contributed by atoms with Crippen molar-refractivity contribution in [2.24, 2.45) is 0 Å². The van der Waals surface area contributed by atoms with Gasteiger partial charge in [-0.2, -0.15) is 0 Å². The maximum Gasteiger partial charge on any atom is 0.243 e. The number of hydrogen-bond donors (Lipinski definition) is 3. The Bertz CT molecular complexity index is 331. The van der Waals surface area contributed by atoms with E-state index in [1.807, 2.05) is 6.92 Å². The summed E-state index contributed by atoms with van der Waals surface area (Å²) in [6, 6.07) is -0.118. The van der Waals surface area contributed by atoms with Gasteiger partial charge in [-0.15, -0.1) is 0 Å². The van der Waals surface area contributed by atoms with E-state index in [1.54, 1.807) is 12.4 Å². The minimum atomic E-state index is -0.118. The molecule has 16 heavy (non-hydrogen) atoms. The van der Waals surface area contributed by atoms with Crippen molar-refractivity contribution >= 4 is 11.9 Å². The van der Waals surface area contributed by atoms with Gasteiger partial charge in [0.15, 0.2) is 0 Å². The number of carbonyl (C=O) groups is 1. The predicted octanol–water partition coefficient (Wildman–Crippen LogP) is -0.358. The lowest BCUT2D eigenvalue weighted by atomic mass is 10.2. The fourth-order valence-corrected chi connectivity index (χ4v) is 1.79. The molecular weight excluding hydrogens is 206 g/mol. The van der Waals surface area contributed by atoms with E-state index in [2.05, 4.69) is 25.5 Å². The lowest BCUT2D eigenvalue weighted by Crippen LogP contribution is -2.51. The van der Waals surface area contributed by atoms with Crippen LogP contribution in [0.15, 0.2) is 12.4 Å². The Morgan fingerprint density at radius 3 is 2.94 bits per heavy atom. The van der Waals surface area contributed by atoms with E-state index >= 15 is 0 Å². The SMILES string of the molecule is CC(C(=O)Nc1ncc[nH]1)N1CCNCC1. The van der Waals surface area contributed by atoms with Crippen LogP contribution in [0.2, 0.25) is 0 Å². The molecule has 6 nitrogen and oxygen atoms in total. The normalized spacial score (nSPS) is 19.3. The molecule has 1 atom stereocenters. The minimum absolute atomic E-state index is 0.0168. The number of nitrogens with one attached hydrogen (secondary N) is 3. The molecule has 3 N–H and O–H groups in total. The number of H-pyrrole nitrogens is 1. The Morgan fingerprint density at radius 2 is 2.31 bits per heavy atom. The van der Waals surface area contributed by atoms with Crippen LogP contribution in [0.25, 0.3) is 0 Å². The van der Waals surface area contributed by atoms with E-state index < -0.39 is 0 Å². The zero-order valence-corrected chi connectivity index (χ0v) is 9.36. The van der Waals surface area contributed by atoms with Gasteiger partial charge >= 0.3 is 0 Å². The number of aromatic amines is 1. The molecule has 0 aliphatic carbocycles. The Kier molecular flexibility index (Phi) is 3.53. The lowest BCUT2D eigenvalue weighted by Gasteiger charge is -2.31. The molecule has 0 bridgehead atoms. The average molecular weight is 223 g/mol. The maximum atomic E-state index is 11.9. The van der Waals surface area contributed by atoms with Gasteiger partial charge < -0.3 is 10.3 Å². The molecule has 0 spiro atoms. The molecule has 2 rings (SSSR count). The Morgan fingerprint density at radius 1 is 1.56 bits per heavy atom. The molecule has 1 aromatic heterocycles. The van der Waals surface area contributed by atoms with Gasteiger partial charge in [-0.25, -0.2) is 4.98 Å². The second-order valence-corrected chi connectivity index (χ2v) is 3.89. The van der Waals surface area contributed by atoms with Gasteiger partial charge in [-0.3, -0.25) is 15.0 Å². The summed E-state index contributed by atoms with van der Waals surface area (Å²) in [5.41, 5.74) is 0. The third-order valence-corrected chi connectivity index (χ3v) is 2.82. The Hall–Kier alpha value is -1.40. The monoisotopic (exact) mass is 223 g/mol. The number of hydrogen-bond acceptors (Lipinski definition) is 4. The summed E-state index contributed by atoms with van der Waals surface area (Å²) < 4.78 is 0. The predicted molar refractivity (Wildman–Crippen MR) is 61.1 cm³/mol. The summed E-state index contributed by atoms with van der Waals surface area (Å²) in [5, 5.41) is 6.01.